The number of aryl methyl sites for hydroxylation is 2. The maximum absolute atomic E-state index is 11.6. The summed E-state index contributed by atoms with van der Waals surface area (Å²) in [5, 5.41) is 0. The van der Waals surface area contributed by atoms with Crippen molar-refractivity contribution >= 4 is 11.7 Å². The van der Waals surface area contributed by atoms with Crippen molar-refractivity contribution in [2.45, 2.75) is 39.7 Å². The Hall–Kier alpha value is -2.43. The monoisotopic (exact) mass is 310 g/mol. The lowest BCUT2D eigenvalue weighted by Crippen LogP contribution is -2.33. The molecule has 0 saturated carbocycles. The topological polar surface area (TPSA) is 72.1 Å². The molecule has 5 nitrogen and oxygen atoms in total. The fourth-order valence-electron chi connectivity index (χ4n) is 3.07. The van der Waals surface area contributed by atoms with Gasteiger partial charge in [-0.15, -0.1) is 0 Å². The summed E-state index contributed by atoms with van der Waals surface area (Å²) in [6, 6.07) is 7.85. The van der Waals surface area contributed by atoms with Gasteiger partial charge in [-0.1, -0.05) is 26.0 Å². The van der Waals surface area contributed by atoms with Crippen LogP contribution in [0.15, 0.2) is 24.3 Å². The van der Waals surface area contributed by atoms with Gasteiger partial charge in [0.15, 0.2) is 0 Å². The number of nitrogens with zero attached hydrogens (tertiary/aromatic N) is 3. The molecule has 0 fully saturated rings. The molecule has 120 valence electrons. The molecular formula is C18H22N4O. The van der Waals surface area contributed by atoms with E-state index in [-0.39, 0.29) is 5.91 Å². The molecule has 0 aliphatic carbocycles. The molecule has 2 heterocycles. The maximum atomic E-state index is 11.6. The van der Waals surface area contributed by atoms with Crippen LogP contribution in [0.4, 0.5) is 5.82 Å². The van der Waals surface area contributed by atoms with E-state index in [1.807, 2.05) is 12.1 Å². The Morgan fingerprint density at radius 2 is 2.09 bits per heavy atom. The molecule has 0 atom stereocenters. The Morgan fingerprint density at radius 3 is 2.78 bits per heavy atom. The third-order valence-corrected chi connectivity index (χ3v) is 4.35. The van der Waals surface area contributed by atoms with Gasteiger partial charge in [-0.25, -0.2) is 9.97 Å². The predicted molar refractivity (Wildman–Crippen MR) is 90.5 cm³/mol. The fraction of sp³-hybridized carbons (Fsp3) is 0.389. The van der Waals surface area contributed by atoms with Crippen LogP contribution in [0, 0.1) is 0 Å². The van der Waals surface area contributed by atoms with E-state index in [1.165, 1.54) is 0 Å². The predicted octanol–water partition coefficient (Wildman–Crippen LogP) is 2.26. The number of primary amides is 1. The summed E-state index contributed by atoms with van der Waals surface area (Å²) < 4.78 is 0. The lowest BCUT2D eigenvalue weighted by molar-refractivity contribution is 0.0999. The van der Waals surface area contributed by atoms with Crippen LogP contribution in [0.3, 0.4) is 0 Å². The van der Waals surface area contributed by atoms with Crippen molar-refractivity contribution in [3.8, 4) is 0 Å². The molecule has 5 heteroatoms. The van der Waals surface area contributed by atoms with E-state index in [0.29, 0.717) is 5.56 Å². The molecular weight excluding hydrogens is 288 g/mol. The van der Waals surface area contributed by atoms with E-state index in [0.717, 1.165) is 60.8 Å². The highest BCUT2D eigenvalue weighted by molar-refractivity contribution is 5.94. The second-order valence-electron chi connectivity index (χ2n) is 5.82. The van der Waals surface area contributed by atoms with Gasteiger partial charge in [0.2, 0.25) is 5.91 Å². The Kier molecular flexibility index (Phi) is 4.28. The molecule has 1 aliphatic rings. The van der Waals surface area contributed by atoms with Crippen LogP contribution < -0.4 is 10.6 Å². The zero-order chi connectivity index (χ0) is 16.4. The molecule has 0 radical (unpaired) electrons. The Morgan fingerprint density at radius 1 is 1.26 bits per heavy atom. The maximum Gasteiger partial charge on any atom is 0.248 e. The van der Waals surface area contributed by atoms with Gasteiger partial charge in [0.25, 0.3) is 0 Å². The Labute approximate surface area is 136 Å². The van der Waals surface area contributed by atoms with Crippen molar-refractivity contribution in [2.24, 2.45) is 5.73 Å². The van der Waals surface area contributed by atoms with Crippen LogP contribution in [0.25, 0.3) is 0 Å². The minimum Gasteiger partial charge on any atom is -0.366 e. The van der Waals surface area contributed by atoms with Crippen LogP contribution in [0.2, 0.25) is 0 Å². The number of hydrogen-bond donors (Lipinski definition) is 1. The van der Waals surface area contributed by atoms with E-state index in [1.54, 1.807) is 0 Å². The Balaban J connectivity index is 1.93. The molecule has 2 aromatic rings. The Bertz CT molecular complexity index is 720. The fourth-order valence-corrected chi connectivity index (χ4v) is 3.07. The van der Waals surface area contributed by atoms with Gasteiger partial charge in [-0.2, -0.15) is 0 Å². The highest BCUT2D eigenvalue weighted by Crippen LogP contribution is 2.26. The van der Waals surface area contributed by atoms with Crippen molar-refractivity contribution in [1.29, 1.82) is 0 Å². The van der Waals surface area contributed by atoms with Crippen molar-refractivity contribution in [1.82, 2.24) is 9.97 Å². The lowest BCUT2D eigenvalue weighted by Gasteiger charge is -2.31. The molecule has 23 heavy (non-hydrogen) atoms. The number of hydrogen-bond acceptors (Lipinski definition) is 4. The molecule has 3 rings (SSSR count). The van der Waals surface area contributed by atoms with E-state index >= 15 is 0 Å². The molecule has 1 aliphatic heterocycles. The second-order valence-corrected chi connectivity index (χ2v) is 5.82. The summed E-state index contributed by atoms with van der Waals surface area (Å²) >= 11 is 0. The molecule has 0 saturated heterocycles. The van der Waals surface area contributed by atoms with E-state index in [4.69, 9.17) is 5.73 Å². The SMILES string of the molecule is CCc1cc(N2CCc3c(cccc3C(N)=O)C2)nc(CC)n1. The molecule has 1 aromatic heterocycles. The van der Waals surface area contributed by atoms with E-state index in [9.17, 15) is 4.79 Å². The lowest BCUT2D eigenvalue weighted by atomic mass is 9.94. The average Bonchev–Trinajstić information content (AvgIpc) is 2.59. The minimum atomic E-state index is -0.348. The van der Waals surface area contributed by atoms with Crippen molar-refractivity contribution in [3.63, 3.8) is 0 Å². The second kappa shape index (κ2) is 6.36. The van der Waals surface area contributed by atoms with Crippen molar-refractivity contribution in [3.05, 3.63) is 52.5 Å². The number of carbonyl (C=O) groups is 1. The largest absolute Gasteiger partial charge is 0.366 e. The first-order valence-corrected chi connectivity index (χ1v) is 8.14. The number of carbonyl (C=O) groups excluding carboxylic acids is 1. The normalized spacial score (nSPS) is 13.7. The summed E-state index contributed by atoms with van der Waals surface area (Å²) in [4.78, 5) is 23.1. The summed E-state index contributed by atoms with van der Waals surface area (Å²) in [6.45, 7) is 5.76. The molecule has 1 amide bonds. The summed E-state index contributed by atoms with van der Waals surface area (Å²) in [7, 11) is 0. The van der Waals surface area contributed by atoms with Crippen molar-refractivity contribution in [2.75, 3.05) is 11.4 Å². The number of rotatable bonds is 4. The van der Waals surface area contributed by atoms with Gasteiger partial charge in [0.1, 0.15) is 11.6 Å². The third-order valence-electron chi connectivity index (χ3n) is 4.35. The van der Waals surface area contributed by atoms with Crippen LogP contribution >= 0.6 is 0 Å². The molecule has 2 N–H and O–H groups in total. The zero-order valence-corrected chi connectivity index (χ0v) is 13.7. The number of anilines is 1. The summed E-state index contributed by atoms with van der Waals surface area (Å²) in [6.07, 6.45) is 2.54. The van der Waals surface area contributed by atoms with Crippen LogP contribution in [-0.2, 0) is 25.8 Å². The van der Waals surface area contributed by atoms with Gasteiger partial charge in [-0.05, 0) is 30.0 Å². The number of amides is 1. The number of fused-ring (bicyclic) bond motifs is 1. The van der Waals surface area contributed by atoms with Crippen molar-refractivity contribution < 1.29 is 4.79 Å². The highest BCUT2D eigenvalue weighted by atomic mass is 16.1. The summed E-state index contributed by atoms with van der Waals surface area (Å²) in [5.41, 5.74) is 9.44. The highest BCUT2D eigenvalue weighted by Gasteiger charge is 2.22. The zero-order valence-electron chi connectivity index (χ0n) is 13.7. The van der Waals surface area contributed by atoms with Gasteiger partial charge in [0.05, 0.1) is 0 Å². The van der Waals surface area contributed by atoms with E-state index < -0.39 is 0 Å². The van der Waals surface area contributed by atoms with Crippen LogP contribution in [0.1, 0.15) is 46.9 Å². The first-order chi connectivity index (χ1) is 11.1. The number of nitrogens with two attached hydrogens (primary N) is 1. The summed E-state index contributed by atoms with van der Waals surface area (Å²) in [5.74, 6) is 1.51. The van der Waals surface area contributed by atoms with Gasteiger partial charge >= 0.3 is 0 Å². The smallest absolute Gasteiger partial charge is 0.248 e. The van der Waals surface area contributed by atoms with E-state index in [2.05, 4.69) is 40.8 Å². The number of benzene rings is 1. The third kappa shape index (κ3) is 3.04. The molecule has 0 unspecified atom stereocenters. The standard InChI is InChI=1S/C18H22N4O/c1-3-13-10-17(21-16(4-2)20-13)22-9-8-14-12(11-22)6-5-7-15(14)18(19)23/h5-7,10H,3-4,8-9,11H2,1-2H3,(H2,19,23). The minimum absolute atomic E-state index is 0.348. The molecule has 0 spiro atoms. The first kappa shape index (κ1) is 15.5. The van der Waals surface area contributed by atoms with Gasteiger partial charge in [0, 0.05) is 36.8 Å². The van der Waals surface area contributed by atoms with Crippen LogP contribution in [0.5, 0.6) is 0 Å². The number of aromatic nitrogens is 2. The first-order valence-electron chi connectivity index (χ1n) is 8.14. The van der Waals surface area contributed by atoms with Gasteiger partial charge in [-0.3, -0.25) is 4.79 Å². The van der Waals surface area contributed by atoms with Gasteiger partial charge < -0.3 is 10.6 Å². The van der Waals surface area contributed by atoms with Crippen LogP contribution in [-0.4, -0.2) is 22.4 Å². The molecule has 1 aromatic carbocycles. The average molecular weight is 310 g/mol. The molecule has 0 bridgehead atoms. The quantitative estimate of drug-likeness (QED) is 0.940.